The summed E-state index contributed by atoms with van der Waals surface area (Å²) in [7, 11) is -3.37. The molecule has 0 bridgehead atoms. The molecule has 1 fully saturated rings. The van der Waals surface area contributed by atoms with Gasteiger partial charge in [0.15, 0.2) is 0 Å². The van der Waals surface area contributed by atoms with E-state index in [4.69, 9.17) is 0 Å². The monoisotopic (exact) mass is 318 g/mol. The molecule has 1 aliphatic heterocycles. The Labute approximate surface area is 110 Å². The maximum absolute atomic E-state index is 12.4. The van der Waals surface area contributed by atoms with Gasteiger partial charge in [0.2, 0.25) is 10.0 Å². The third-order valence-corrected chi connectivity index (χ3v) is 5.66. The minimum Gasteiger partial charge on any atom is -0.315 e. The van der Waals surface area contributed by atoms with Crippen molar-refractivity contribution in [3.63, 3.8) is 0 Å². The van der Waals surface area contributed by atoms with Crippen molar-refractivity contribution in [2.45, 2.75) is 11.3 Å². The minimum atomic E-state index is -3.37. The van der Waals surface area contributed by atoms with E-state index in [2.05, 4.69) is 21.2 Å². The van der Waals surface area contributed by atoms with Crippen LogP contribution in [0.4, 0.5) is 0 Å². The van der Waals surface area contributed by atoms with Gasteiger partial charge in [0.1, 0.15) is 0 Å². The van der Waals surface area contributed by atoms with Gasteiger partial charge in [-0.1, -0.05) is 12.1 Å². The van der Waals surface area contributed by atoms with Crippen molar-refractivity contribution in [2.24, 2.45) is 0 Å². The molecule has 1 aromatic carbocycles. The number of halogens is 1. The van der Waals surface area contributed by atoms with Gasteiger partial charge in [-0.05, 0) is 41.0 Å². The SMILES string of the molecule is O=S(=O)(c1ccccc1Br)N1CCCNCC1. The second-order valence-electron chi connectivity index (χ2n) is 3.94. The van der Waals surface area contributed by atoms with Crippen LogP contribution in [0, 0.1) is 0 Å². The van der Waals surface area contributed by atoms with Gasteiger partial charge in [0.05, 0.1) is 4.90 Å². The number of nitrogens with zero attached hydrogens (tertiary/aromatic N) is 1. The van der Waals surface area contributed by atoms with Crippen LogP contribution in [0.25, 0.3) is 0 Å². The molecule has 4 nitrogen and oxygen atoms in total. The highest BCUT2D eigenvalue weighted by Crippen LogP contribution is 2.24. The summed E-state index contributed by atoms with van der Waals surface area (Å²) in [4.78, 5) is 0.349. The molecule has 0 radical (unpaired) electrons. The first-order valence-electron chi connectivity index (χ1n) is 5.58. The third kappa shape index (κ3) is 2.88. The fourth-order valence-corrected chi connectivity index (χ4v) is 4.30. The Kier molecular flexibility index (Phi) is 4.19. The lowest BCUT2D eigenvalue weighted by Crippen LogP contribution is -2.34. The number of hydrogen-bond donors (Lipinski definition) is 1. The molecular weight excluding hydrogens is 304 g/mol. The molecule has 2 rings (SSSR count). The summed E-state index contributed by atoms with van der Waals surface area (Å²) in [6.45, 7) is 2.70. The number of hydrogen-bond acceptors (Lipinski definition) is 3. The molecule has 0 atom stereocenters. The molecule has 0 saturated carbocycles. The summed E-state index contributed by atoms with van der Waals surface area (Å²) in [5.41, 5.74) is 0. The van der Waals surface area contributed by atoms with E-state index in [0.29, 0.717) is 29.0 Å². The van der Waals surface area contributed by atoms with Gasteiger partial charge in [-0.2, -0.15) is 4.31 Å². The average molecular weight is 319 g/mol. The number of rotatable bonds is 2. The Hall–Kier alpha value is -0.430. The van der Waals surface area contributed by atoms with Crippen LogP contribution in [-0.2, 0) is 10.0 Å². The van der Waals surface area contributed by atoms with Crippen LogP contribution in [0.2, 0.25) is 0 Å². The zero-order valence-corrected chi connectivity index (χ0v) is 11.8. The summed E-state index contributed by atoms with van der Waals surface area (Å²) in [5, 5.41) is 3.20. The van der Waals surface area contributed by atoms with E-state index in [1.54, 1.807) is 22.5 Å². The molecule has 1 aliphatic rings. The largest absolute Gasteiger partial charge is 0.315 e. The standard InChI is InChI=1S/C11H15BrN2O2S/c12-10-4-1-2-5-11(10)17(15,16)14-8-3-6-13-7-9-14/h1-2,4-5,13H,3,6-9H2. The maximum Gasteiger partial charge on any atom is 0.244 e. The summed E-state index contributed by atoms with van der Waals surface area (Å²) >= 11 is 3.30. The van der Waals surface area contributed by atoms with Gasteiger partial charge in [0, 0.05) is 24.1 Å². The van der Waals surface area contributed by atoms with Crippen LogP contribution in [0.1, 0.15) is 6.42 Å². The molecule has 0 aliphatic carbocycles. The second-order valence-corrected chi connectivity index (χ2v) is 6.70. The lowest BCUT2D eigenvalue weighted by Gasteiger charge is -2.20. The summed E-state index contributed by atoms with van der Waals surface area (Å²) < 4.78 is 27.0. The quantitative estimate of drug-likeness (QED) is 0.897. The lowest BCUT2D eigenvalue weighted by atomic mass is 10.4. The van der Waals surface area contributed by atoms with Gasteiger partial charge in [-0.3, -0.25) is 0 Å². The summed E-state index contributed by atoms with van der Waals surface area (Å²) in [6, 6.07) is 6.95. The molecule has 1 heterocycles. The predicted octanol–water partition coefficient (Wildman–Crippen LogP) is 1.43. The van der Waals surface area contributed by atoms with E-state index < -0.39 is 10.0 Å². The number of sulfonamides is 1. The Balaban J connectivity index is 2.32. The van der Waals surface area contributed by atoms with Crippen LogP contribution in [0.5, 0.6) is 0 Å². The van der Waals surface area contributed by atoms with E-state index in [-0.39, 0.29) is 0 Å². The Bertz CT molecular complexity index is 482. The lowest BCUT2D eigenvalue weighted by molar-refractivity contribution is 0.431. The molecular formula is C11H15BrN2O2S. The molecule has 1 N–H and O–H groups in total. The first kappa shape index (κ1) is 13.0. The molecule has 0 spiro atoms. The normalized spacial score (nSPS) is 18.9. The highest BCUT2D eigenvalue weighted by Gasteiger charge is 2.26. The molecule has 94 valence electrons. The van der Waals surface area contributed by atoms with E-state index >= 15 is 0 Å². The topological polar surface area (TPSA) is 49.4 Å². The molecule has 0 aromatic heterocycles. The van der Waals surface area contributed by atoms with Crippen LogP contribution < -0.4 is 5.32 Å². The van der Waals surface area contributed by atoms with Crippen molar-refractivity contribution in [3.8, 4) is 0 Å². The highest BCUT2D eigenvalue weighted by molar-refractivity contribution is 9.10. The second kappa shape index (κ2) is 5.48. The van der Waals surface area contributed by atoms with Crippen molar-refractivity contribution in [1.29, 1.82) is 0 Å². The molecule has 1 aromatic rings. The van der Waals surface area contributed by atoms with Crippen molar-refractivity contribution < 1.29 is 8.42 Å². The molecule has 0 unspecified atom stereocenters. The van der Waals surface area contributed by atoms with Crippen molar-refractivity contribution in [1.82, 2.24) is 9.62 Å². The highest BCUT2D eigenvalue weighted by atomic mass is 79.9. The first-order chi connectivity index (χ1) is 8.12. The van der Waals surface area contributed by atoms with Crippen molar-refractivity contribution >= 4 is 26.0 Å². The van der Waals surface area contributed by atoms with Crippen LogP contribution in [0.3, 0.4) is 0 Å². The van der Waals surface area contributed by atoms with Crippen molar-refractivity contribution in [3.05, 3.63) is 28.7 Å². The van der Waals surface area contributed by atoms with E-state index in [9.17, 15) is 8.42 Å². The van der Waals surface area contributed by atoms with E-state index in [1.807, 2.05) is 6.07 Å². The fraction of sp³-hybridized carbons (Fsp3) is 0.455. The van der Waals surface area contributed by atoms with Gasteiger partial charge in [0.25, 0.3) is 0 Å². The molecule has 1 saturated heterocycles. The Morgan fingerprint density at radius 3 is 2.71 bits per heavy atom. The molecule has 0 amide bonds. The number of benzene rings is 1. The summed E-state index contributed by atoms with van der Waals surface area (Å²) in [6.07, 6.45) is 0.851. The molecule has 17 heavy (non-hydrogen) atoms. The maximum atomic E-state index is 12.4. The van der Waals surface area contributed by atoms with Crippen LogP contribution in [-0.4, -0.2) is 38.9 Å². The fourth-order valence-electron chi connectivity index (χ4n) is 1.85. The third-order valence-electron chi connectivity index (χ3n) is 2.75. The van der Waals surface area contributed by atoms with Crippen LogP contribution in [0.15, 0.2) is 33.6 Å². The van der Waals surface area contributed by atoms with Gasteiger partial charge in [-0.25, -0.2) is 8.42 Å². The van der Waals surface area contributed by atoms with Gasteiger partial charge < -0.3 is 5.32 Å². The van der Waals surface area contributed by atoms with Crippen LogP contribution >= 0.6 is 15.9 Å². The zero-order chi connectivity index (χ0) is 12.3. The van der Waals surface area contributed by atoms with Crippen molar-refractivity contribution in [2.75, 3.05) is 26.2 Å². The van der Waals surface area contributed by atoms with Gasteiger partial charge >= 0.3 is 0 Å². The van der Waals surface area contributed by atoms with E-state index in [1.165, 1.54) is 0 Å². The Morgan fingerprint density at radius 2 is 1.94 bits per heavy atom. The Morgan fingerprint density at radius 1 is 1.18 bits per heavy atom. The summed E-state index contributed by atoms with van der Waals surface area (Å²) in [5.74, 6) is 0. The first-order valence-corrected chi connectivity index (χ1v) is 7.81. The minimum absolute atomic E-state index is 0.349. The molecule has 6 heteroatoms. The smallest absolute Gasteiger partial charge is 0.244 e. The zero-order valence-electron chi connectivity index (χ0n) is 9.39. The average Bonchev–Trinajstić information content (AvgIpc) is 2.58. The van der Waals surface area contributed by atoms with E-state index in [0.717, 1.165) is 13.0 Å². The van der Waals surface area contributed by atoms with Gasteiger partial charge in [-0.15, -0.1) is 0 Å². The number of nitrogens with one attached hydrogen (secondary N) is 1. The predicted molar refractivity (Wildman–Crippen MR) is 70.4 cm³/mol.